The summed E-state index contributed by atoms with van der Waals surface area (Å²) < 4.78 is 6.89. The molecule has 10 aromatic rings. The Morgan fingerprint density at radius 3 is 1.85 bits per heavy atom. The molecule has 1 aromatic heterocycles. The fourth-order valence-electron chi connectivity index (χ4n) is 9.03. The highest BCUT2D eigenvalue weighted by Gasteiger charge is 2.35. The van der Waals surface area contributed by atoms with Crippen molar-refractivity contribution in [2.75, 3.05) is 4.90 Å². The standard InChI is InChI=1S/C53H37NO/c1-53(2)49-19-11-10-17-43(49)44-28-26-40(31-50(44)53)54(39-25-24-35-14-6-7-15-38(35)30-39)41-27-29-45-48-33-47(37-22-20-36(21-23-37)34-12-4-3-5-13-34)42-16-8-9-18-46(42)52(48)55-51(45)32-41/h3-33H,1-2H3. The Labute approximate surface area is 320 Å². The number of fused-ring (bicyclic) bond motifs is 9. The third-order valence-corrected chi connectivity index (χ3v) is 11.8. The van der Waals surface area contributed by atoms with Gasteiger partial charge in [-0.05, 0) is 103 Å². The van der Waals surface area contributed by atoms with Crippen molar-refractivity contribution in [3.63, 3.8) is 0 Å². The summed E-state index contributed by atoms with van der Waals surface area (Å²) in [6.45, 7) is 4.69. The minimum atomic E-state index is -0.111. The minimum absolute atomic E-state index is 0.111. The van der Waals surface area contributed by atoms with Crippen LogP contribution in [0, 0.1) is 0 Å². The number of benzene rings is 9. The lowest BCUT2D eigenvalue weighted by Crippen LogP contribution is -2.16. The van der Waals surface area contributed by atoms with E-state index in [4.69, 9.17) is 4.42 Å². The molecule has 1 aliphatic carbocycles. The predicted octanol–water partition coefficient (Wildman–Crippen LogP) is 15.0. The molecule has 0 amide bonds. The smallest absolute Gasteiger partial charge is 0.143 e. The Balaban J connectivity index is 1.08. The molecule has 0 N–H and O–H groups in total. The fraction of sp³-hybridized carbons (Fsp3) is 0.0566. The van der Waals surface area contributed by atoms with E-state index in [1.54, 1.807) is 0 Å². The molecule has 0 atom stereocenters. The topological polar surface area (TPSA) is 16.4 Å². The van der Waals surface area contributed by atoms with E-state index >= 15 is 0 Å². The first-order valence-electron chi connectivity index (χ1n) is 19.1. The van der Waals surface area contributed by atoms with Gasteiger partial charge in [0.05, 0.1) is 0 Å². The summed E-state index contributed by atoms with van der Waals surface area (Å²) in [7, 11) is 0. The Bertz CT molecular complexity index is 3110. The number of hydrogen-bond acceptors (Lipinski definition) is 2. The zero-order valence-corrected chi connectivity index (χ0v) is 30.8. The van der Waals surface area contributed by atoms with Crippen LogP contribution in [0.2, 0.25) is 0 Å². The molecule has 0 bridgehead atoms. The van der Waals surface area contributed by atoms with Crippen molar-refractivity contribution >= 4 is 60.5 Å². The van der Waals surface area contributed by atoms with Crippen molar-refractivity contribution in [1.82, 2.24) is 0 Å². The lowest BCUT2D eigenvalue weighted by atomic mass is 9.82. The molecule has 55 heavy (non-hydrogen) atoms. The van der Waals surface area contributed by atoms with E-state index in [0.717, 1.165) is 44.4 Å². The van der Waals surface area contributed by atoms with Crippen molar-refractivity contribution < 1.29 is 4.42 Å². The second kappa shape index (κ2) is 12.1. The molecule has 0 fully saturated rings. The Morgan fingerprint density at radius 2 is 1.00 bits per heavy atom. The van der Waals surface area contributed by atoms with E-state index in [9.17, 15) is 0 Å². The van der Waals surface area contributed by atoms with Gasteiger partial charge in [0.1, 0.15) is 11.2 Å². The Hall–Kier alpha value is -6.90. The molecule has 0 unspecified atom stereocenters. The van der Waals surface area contributed by atoms with Gasteiger partial charge in [0.25, 0.3) is 0 Å². The SMILES string of the molecule is CC1(C)c2ccccc2-c2ccc(N(c3ccc4ccccc4c3)c3ccc4c(c3)oc3c5ccccc5c(-c5ccc(-c6ccccc6)cc5)cc43)cc21. The van der Waals surface area contributed by atoms with Crippen molar-refractivity contribution in [3.05, 3.63) is 199 Å². The third-order valence-electron chi connectivity index (χ3n) is 11.8. The molecule has 0 saturated heterocycles. The quantitative estimate of drug-likeness (QED) is 0.177. The average molecular weight is 704 g/mol. The molecule has 260 valence electrons. The van der Waals surface area contributed by atoms with Gasteiger partial charge in [-0.15, -0.1) is 0 Å². The van der Waals surface area contributed by atoms with Crippen LogP contribution in [-0.4, -0.2) is 0 Å². The van der Waals surface area contributed by atoms with Gasteiger partial charge in [-0.1, -0.05) is 153 Å². The summed E-state index contributed by atoms with van der Waals surface area (Å²) in [4.78, 5) is 2.39. The van der Waals surface area contributed by atoms with Gasteiger partial charge < -0.3 is 9.32 Å². The molecule has 1 aliphatic rings. The molecule has 11 rings (SSSR count). The predicted molar refractivity (Wildman–Crippen MR) is 232 cm³/mol. The zero-order chi connectivity index (χ0) is 36.7. The van der Waals surface area contributed by atoms with Crippen LogP contribution in [0.3, 0.4) is 0 Å². The summed E-state index contributed by atoms with van der Waals surface area (Å²) in [5.74, 6) is 0. The van der Waals surface area contributed by atoms with Crippen LogP contribution in [0.25, 0.3) is 76.9 Å². The van der Waals surface area contributed by atoms with Gasteiger partial charge in [0.15, 0.2) is 0 Å². The second-order valence-electron chi connectivity index (χ2n) is 15.3. The number of hydrogen-bond donors (Lipinski definition) is 0. The van der Waals surface area contributed by atoms with Crippen molar-refractivity contribution in [3.8, 4) is 33.4 Å². The maximum atomic E-state index is 6.89. The molecule has 0 aliphatic heterocycles. The van der Waals surface area contributed by atoms with Gasteiger partial charge >= 0.3 is 0 Å². The highest BCUT2D eigenvalue weighted by molar-refractivity contribution is 6.19. The van der Waals surface area contributed by atoms with Gasteiger partial charge in [0.2, 0.25) is 0 Å². The van der Waals surface area contributed by atoms with Gasteiger partial charge in [-0.2, -0.15) is 0 Å². The summed E-state index contributed by atoms with van der Waals surface area (Å²) >= 11 is 0. The number of anilines is 3. The Kier molecular flexibility index (Phi) is 6.93. The summed E-state index contributed by atoms with van der Waals surface area (Å²) in [5.41, 5.74) is 15.1. The average Bonchev–Trinajstić information content (AvgIpc) is 3.72. The minimum Gasteiger partial charge on any atom is -0.455 e. The highest BCUT2D eigenvalue weighted by atomic mass is 16.3. The van der Waals surface area contributed by atoms with E-state index < -0.39 is 0 Å². The number of nitrogens with zero attached hydrogens (tertiary/aromatic N) is 1. The van der Waals surface area contributed by atoms with E-state index in [2.05, 4.69) is 207 Å². The van der Waals surface area contributed by atoms with Crippen molar-refractivity contribution in [1.29, 1.82) is 0 Å². The third kappa shape index (κ3) is 4.95. The largest absolute Gasteiger partial charge is 0.455 e. The van der Waals surface area contributed by atoms with Crippen LogP contribution >= 0.6 is 0 Å². The van der Waals surface area contributed by atoms with Gasteiger partial charge in [0, 0.05) is 44.7 Å². The first kappa shape index (κ1) is 31.6. The maximum absolute atomic E-state index is 6.89. The first-order chi connectivity index (χ1) is 27.0. The van der Waals surface area contributed by atoms with E-state index in [1.807, 2.05) is 0 Å². The monoisotopic (exact) mass is 703 g/mol. The van der Waals surface area contributed by atoms with Crippen LogP contribution in [0.1, 0.15) is 25.0 Å². The molecular weight excluding hydrogens is 667 g/mol. The zero-order valence-electron chi connectivity index (χ0n) is 30.8. The van der Waals surface area contributed by atoms with Gasteiger partial charge in [-0.3, -0.25) is 0 Å². The molecule has 9 aromatic carbocycles. The van der Waals surface area contributed by atoms with E-state index in [-0.39, 0.29) is 5.41 Å². The highest BCUT2D eigenvalue weighted by Crippen LogP contribution is 2.51. The van der Waals surface area contributed by atoms with Crippen molar-refractivity contribution in [2.45, 2.75) is 19.3 Å². The van der Waals surface area contributed by atoms with Gasteiger partial charge in [-0.25, -0.2) is 0 Å². The summed E-state index contributed by atoms with van der Waals surface area (Å²) in [6, 6.07) is 68.4. The number of furan rings is 1. The second-order valence-corrected chi connectivity index (χ2v) is 15.3. The fourth-order valence-corrected chi connectivity index (χ4v) is 9.03. The maximum Gasteiger partial charge on any atom is 0.143 e. The lowest BCUT2D eigenvalue weighted by molar-refractivity contribution is 0.660. The van der Waals surface area contributed by atoms with Crippen LogP contribution in [-0.2, 0) is 5.41 Å². The molecule has 2 nitrogen and oxygen atoms in total. The summed E-state index contributed by atoms with van der Waals surface area (Å²) in [6.07, 6.45) is 0. The molecule has 0 radical (unpaired) electrons. The van der Waals surface area contributed by atoms with Crippen LogP contribution in [0.4, 0.5) is 17.1 Å². The molecule has 2 heteroatoms. The van der Waals surface area contributed by atoms with E-state index in [1.165, 1.54) is 60.7 Å². The molecular formula is C53H37NO. The summed E-state index contributed by atoms with van der Waals surface area (Å²) in [5, 5.41) is 6.96. The Morgan fingerprint density at radius 1 is 0.382 bits per heavy atom. The molecule has 0 spiro atoms. The van der Waals surface area contributed by atoms with Crippen LogP contribution in [0.15, 0.2) is 192 Å². The van der Waals surface area contributed by atoms with Crippen LogP contribution < -0.4 is 4.90 Å². The lowest BCUT2D eigenvalue weighted by Gasteiger charge is -2.28. The first-order valence-corrected chi connectivity index (χ1v) is 19.1. The number of rotatable bonds is 5. The van der Waals surface area contributed by atoms with E-state index in [0.29, 0.717) is 0 Å². The normalized spacial score (nSPS) is 13.1. The van der Waals surface area contributed by atoms with Crippen LogP contribution in [0.5, 0.6) is 0 Å². The van der Waals surface area contributed by atoms with Crippen molar-refractivity contribution in [2.24, 2.45) is 0 Å². The molecule has 0 saturated carbocycles. The molecule has 1 heterocycles.